The van der Waals surface area contributed by atoms with Crippen LogP contribution in [0.25, 0.3) is 11.1 Å². The number of nitrogens with zero attached hydrogens (tertiary/aromatic N) is 2. The first-order valence-corrected chi connectivity index (χ1v) is 11.1. The minimum atomic E-state index is -0.309. The zero-order valence-electron chi connectivity index (χ0n) is 18.9. The fraction of sp³-hybridized carbons (Fsp3) is 0.346. The van der Waals surface area contributed by atoms with Crippen molar-refractivity contribution in [3.05, 3.63) is 76.7 Å². The van der Waals surface area contributed by atoms with Crippen LogP contribution in [0.3, 0.4) is 0 Å². The highest BCUT2D eigenvalue weighted by molar-refractivity contribution is 5.96. The average Bonchev–Trinajstić information content (AvgIpc) is 3.07. The molecule has 2 aromatic carbocycles. The van der Waals surface area contributed by atoms with E-state index < -0.39 is 0 Å². The van der Waals surface area contributed by atoms with Crippen LogP contribution in [0.5, 0.6) is 0 Å². The van der Waals surface area contributed by atoms with Gasteiger partial charge in [-0.2, -0.15) is 0 Å². The highest BCUT2D eigenvalue weighted by Crippen LogP contribution is 2.23. The maximum atomic E-state index is 13.2. The number of amides is 2. The first-order valence-electron chi connectivity index (χ1n) is 11.1. The first kappa shape index (κ1) is 21.8. The quantitative estimate of drug-likeness (QED) is 0.664. The maximum Gasteiger partial charge on any atom is 0.259 e. The molecule has 0 aliphatic carbocycles. The van der Waals surface area contributed by atoms with Gasteiger partial charge in [0.1, 0.15) is 11.3 Å². The molecule has 1 N–H and O–H groups in total. The van der Waals surface area contributed by atoms with E-state index in [1.54, 1.807) is 11.8 Å². The van der Waals surface area contributed by atoms with Crippen LogP contribution < -0.4 is 5.32 Å². The molecule has 1 unspecified atom stereocenters. The van der Waals surface area contributed by atoms with Crippen LogP contribution in [0.1, 0.15) is 39.9 Å². The van der Waals surface area contributed by atoms with Gasteiger partial charge in [-0.3, -0.25) is 9.59 Å². The zero-order valence-corrected chi connectivity index (χ0v) is 18.9. The van der Waals surface area contributed by atoms with Gasteiger partial charge in [-0.05, 0) is 43.4 Å². The third-order valence-corrected chi connectivity index (χ3v) is 6.05. The lowest BCUT2D eigenvalue weighted by molar-refractivity contribution is -0.124. The number of carbonyl (C=O) groups is 2. The smallest absolute Gasteiger partial charge is 0.259 e. The lowest BCUT2D eigenvalue weighted by atomic mass is 9.95. The largest absolute Gasteiger partial charge is 0.361 e. The van der Waals surface area contributed by atoms with Crippen LogP contribution in [-0.2, 0) is 17.6 Å². The second-order valence-electron chi connectivity index (χ2n) is 8.42. The highest BCUT2D eigenvalue weighted by atomic mass is 16.5. The first-order chi connectivity index (χ1) is 15.5. The topological polar surface area (TPSA) is 75.4 Å². The van der Waals surface area contributed by atoms with E-state index in [4.69, 9.17) is 4.52 Å². The van der Waals surface area contributed by atoms with Crippen molar-refractivity contribution in [3.63, 3.8) is 0 Å². The van der Waals surface area contributed by atoms with Crippen LogP contribution in [0.4, 0.5) is 0 Å². The third kappa shape index (κ3) is 4.59. The molecule has 0 bridgehead atoms. The van der Waals surface area contributed by atoms with Crippen molar-refractivity contribution < 1.29 is 14.1 Å². The fourth-order valence-corrected chi connectivity index (χ4v) is 4.27. The molecular weight excluding hydrogens is 402 g/mol. The molecule has 1 fully saturated rings. The van der Waals surface area contributed by atoms with Gasteiger partial charge < -0.3 is 14.7 Å². The van der Waals surface area contributed by atoms with Gasteiger partial charge in [0, 0.05) is 19.6 Å². The Morgan fingerprint density at radius 1 is 1.16 bits per heavy atom. The number of benzene rings is 2. The van der Waals surface area contributed by atoms with E-state index in [0.717, 1.165) is 11.1 Å². The molecule has 1 aliphatic rings. The SMILES string of the molecule is CCc1noc(C)c1C(=O)N1CCNC(=O)C(Cc2ccc(-c3cccc(C)c3)cc2)C1. The van der Waals surface area contributed by atoms with Crippen molar-refractivity contribution in [2.75, 3.05) is 19.6 Å². The van der Waals surface area contributed by atoms with Gasteiger partial charge in [0.2, 0.25) is 5.91 Å². The zero-order chi connectivity index (χ0) is 22.7. The molecule has 0 saturated carbocycles. The number of carbonyl (C=O) groups excluding carboxylic acids is 2. The predicted molar refractivity (Wildman–Crippen MR) is 123 cm³/mol. The van der Waals surface area contributed by atoms with E-state index in [0.29, 0.717) is 49.5 Å². The minimum Gasteiger partial charge on any atom is -0.361 e. The van der Waals surface area contributed by atoms with E-state index in [1.165, 1.54) is 11.1 Å². The molecule has 166 valence electrons. The van der Waals surface area contributed by atoms with E-state index >= 15 is 0 Å². The summed E-state index contributed by atoms with van der Waals surface area (Å²) in [6.45, 7) is 7.08. The lowest BCUT2D eigenvalue weighted by Gasteiger charge is -2.23. The molecule has 1 atom stereocenters. The van der Waals surface area contributed by atoms with Gasteiger partial charge in [0.05, 0.1) is 11.6 Å². The van der Waals surface area contributed by atoms with Crippen molar-refractivity contribution >= 4 is 11.8 Å². The van der Waals surface area contributed by atoms with Crippen LogP contribution in [0.15, 0.2) is 53.1 Å². The van der Waals surface area contributed by atoms with Gasteiger partial charge in [-0.1, -0.05) is 66.2 Å². The molecule has 1 saturated heterocycles. The van der Waals surface area contributed by atoms with Crippen LogP contribution >= 0.6 is 0 Å². The Labute approximate surface area is 188 Å². The van der Waals surface area contributed by atoms with E-state index in [1.807, 2.05) is 6.92 Å². The van der Waals surface area contributed by atoms with E-state index in [-0.39, 0.29) is 17.7 Å². The van der Waals surface area contributed by atoms with Gasteiger partial charge >= 0.3 is 0 Å². The summed E-state index contributed by atoms with van der Waals surface area (Å²) < 4.78 is 5.25. The number of hydrogen-bond donors (Lipinski definition) is 1. The highest BCUT2D eigenvalue weighted by Gasteiger charge is 2.31. The normalized spacial score (nSPS) is 16.5. The molecule has 6 nitrogen and oxygen atoms in total. The fourth-order valence-electron chi connectivity index (χ4n) is 4.27. The monoisotopic (exact) mass is 431 g/mol. The Morgan fingerprint density at radius 3 is 2.66 bits per heavy atom. The molecule has 1 aliphatic heterocycles. The van der Waals surface area contributed by atoms with Crippen LogP contribution in [0.2, 0.25) is 0 Å². The van der Waals surface area contributed by atoms with E-state index in [9.17, 15) is 9.59 Å². The summed E-state index contributed by atoms with van der Waals surface area (Å²) in [5, 5.41) is 6.97. The predicted octanol–water partition coefficient (Wildman–Crippen LogP) is 3.95. The standard InChI is InChI=1S/C26H29N3O3/c1-4-23-24(18(3)32-28-23)26(31)29-13-12-27-25(30)22(16-29)15-19-8-10-20(11-9-19)21-7-5-6-17(2)14-21/h5-11,14,22H,4,12-13,15-16H2,1-3H3,(H,27,30). The molecule has 1 aromatic heterocycles. The van der Waals surface area contributed by atoms with Crippen molar-refractivity contribution in [2.45, 2.75) is 33.6 Å². The Morgan fingerprint density at radius 2 is 1.94 bits per heavy atom. The number of aromatic nitrogens is 1. The van der Waals surface area contributed by atoms with Crippen molar-refractivity contribution in [2.24, 2.45) is 5.92 Å². The molecule has 0 spiro atoms. The molecule has 32 heavy (non-hydrogen) atoms. The lowest BCUT2D eigenvalue weighted by Crippen LogP contribution is -2.37. The van der Waals surface area contributed by atoms with Gasteiger partial charge in [0.25, 0.3) is 5.91 Å². The summed E-state index contributed by atoms with van der Waals surface area (Å²) in [5.74, 6) is 0.0906. The third-order valence-electron chi connectivity index (χ3n) is 6.05. The molecule has 2 heterocycles. The number of nitrogens with one attached hydrogen (secondary N) is 1. The van der Waals surface area contributed by atoms with E-state index in [2.05, 4.69) is 65.9 Å². The summed E-state index contributed by atoms with van der Waals surface area (Å²) in [6, 6.07) is 16.7. The molecular formula is C26H29N3O3. The molecule has 3 aromatic rings. The summed E-state index contributed by atoms with van der Waals surface area (Å²) in [4.78, 5) is 27.7. The number of rotatable bonds is 5. The van der Waals surface area contributed by atoms with Crippen LogP contribution in [0, 0.1) is 19.8 Å². The Bertz CT molecular complexity index is 1120. The van der Waals surface area contributed by atoms with Crippen molar-refractivity contribution in [1.29, 1.82) is 0 Å². The van der Waals surface area contributed by atoms with Gasteiger partial charge in [0.15, 0.2) is 0 Å². The molecule has 6 heteroatoms. The summed E-state index contributed by atoms with van der Waals surface area (Å²) in [6.07, 6.45) is 1.20. The van der Waals surface area contributed by atoms with Gasteiger partial charge in [-0.25, -0.2) is 0 Å². The Hall–Kier alpha value is -3.41. The second-order valence-corrected chi connectivity index (χ2v) is 8.42. The summed E-state index contributed by atoms with van der Waals surface area (Å²) in [5.41, 5.74) is 5.82. The Kier molecular flexibility index (Phi) is 6.40. The average molecular weight is 432 g/mol. The Balaban J connectivity index is 1.50. The number of hydrogen-bond acceptors (Lipinski definition) is 4. The van der Waals surface area contributed by atoms with Crippen molar-refractivity contribution in [3.8, 4) is 11.1 Å². The maximum absolute atomic E-state index is 13.2. The van der Waals surface area contributed by atoms with Crippen LogP contribution in [-0.4, -0.2) is 41.5 Å². The summed E-state index contributed by atoms with van der Waals surface area (Å²) in [7, 11) is 0. The minimum absolute atomic E-state index is 0.0131. The molecule has 2 amide bonds. The molecule has 0 radical (unpaired) electrons. The molecule has 4 rings (SSSR count). The second kappa shape index (κ2) is 9.39. The van der Waals surface area contributed by atoms with Gasteiger partial charge in [-0.15, -0.1) is 0 Å². The van der Waals surface area contributed by atoms with Crippen molar-refractivity contribution in [1.82, 2.24) is 15.4 Å². The summed E-state index contributed by atoms with van der Waals surface area (Å²) >= 11 is 0. The number of aryl methyl sites for hydroxylation is 3.